The zero-order valence-corrected chi connectivity index (χ0v) is 16.4. The zero-order chi connectivity index (χ0) is 19.9. The highest BCUT2D eigenvalue weighted by molar-refractivity contribution is 6.05. The van der Waals surface area contributed by atoms with Gasteiger partial charge in [0.25, 0.3) is 0 Å². The van der Waals surface area contributed by atoms with E-state index in [1.54, 1.807) is 44.6 Å². The second-order valence-corrected chi connectivity index (χ2v) is 6.34. The first kappa shape index (κ1) is 19.5. The largest absolute Gasteiger partial charge is 0.497 e. The van der Waals surface area contributed by atoms with Crippen LogP contribution >= 0.6 is 0 Å². The maximum absolute atomic E-state index is 12.3. The first-order valence-corrected chi connectivity index (χ1v) is 9.25. The molecular weight excluding hydrogens is 356 g/mol. The standard InChI is InChI=1S/C23H24O5/c1-4-5-12-27-18-8-6-16(7-9-18)13-17-14-22(28-23(17)24)20-15-19(25-2)10-11-21(20)26-3/h6-11,13-15H,4-5,12H2,1-3H3/b17-13-. The molecule has 3 rings (SSSR count). The molecule has 0 amide bonds. The van der Waals surface area contributed by atoms with E-state index in [1.807, 2.05) is 24.3 Å². The Morgan fingerprint density at radius 3 is 2.43 bits per heavy atom. The summed E-state index contributed by atoms with van der Waals surface area (Å²) in [5, 5.41) is 0. The van der Waals surface area contributed by atoms with Crippen molar-refractivity contribution in [1.82, 2.24) is 0 Å². The van der Waals surface area contributed by atoms with Crippen molar-refractivity contribution in [2.45, 2.75) is 19.8 Å². The van der Waals surface area contributed by atoms with Gasteiger partial charge in [0.1, 0.15) is 23.0 Å². The smallest absolute Gasteiger partial charge is 0.343 e. The molecule has 0 bridgehead atoms. The summed E-state index contributed by atoms with van der Waals surface area (Å²) in [6.07, 6.45) is 5.63. The first-order valence-electron chi connectivity index (χ1n) is 9.25. The van der Waals surface area contributed by atoms with Crippen molar-refractivity contribution in [2.75, 3.05) is 20.8 Å². The molecule has 0 aromatic heterocycles. The van der Waals surface area contributed by atoms with Crippen LogP contribution in [0.15, 0.2) is 54.1 Å². The number of carbonyl (C=O) groups excluding carboxylic acids is 1. The average Bonchev–Trinajstić information content (AvgIpc) is 3.09. The van der Waals surface area contributed by atoms with E-state index in [0.29, 0.717) is 35.0 Å². The predicted octanol–water partition coefficient (Wildman–Crippen LogP) is 4.86. The molecule has 0 spiro atoms. The van der Waals surface area contributed by atoms with Crippen LogP contribution in [0, 0.1) is 0 Å². The topological polar surface area (TPSA) is 54.0 Å². The van der Waals surface area contributed by atoms with Gasteiger partial charge in [0, 0.05) is 0 Å². The van der Waals surface area contributed by atoms with Gasteiger partial charge in [-0.3, -0.25) is 0 Å². The second kappa shape index (κ2) is 9.13. The molecule has 0 N–H and O–H groups in total. The zero-order valence-electron chi connectivity index (χ0n) is 16.4. The summed E-state index contributed by atoms with van der Waals surface area (Å²) in [6, 6.07) is 13.0. The van der Waals surface area contributed by atoms with Crippen LogP contribution in [0.4, 0.5) is 0 Å². The van der Waals surface area contributed by atoms with E-state index in [9.17, 15) is 4.79 Å². The Balaban J connectivity index is 1.82. The molecule has 0 saturated carbocycles. The van der Waals surface area contributed by atoms with Crippen LogP contribution in [0.3, 0.4) is 0 Å². The van der Waals surface area contributed by atoms with Crippen LogP contribution in [-0.4, -0.2) is 26.8 Å². The summed E-state index contributed by atoms with van der Waals surface area (Å²) >= 11 is 0. The van der Waals surface area contributed by atoms with Gasteiger partial charge in [0.15, 0.2) is 0 Å². The van der Waals surface area contributed by atoms with E-state index in [2.05, 4.69) is 6.92 Å². The maximum atomic E-state index is 12.3. The molecule has 0 radical (unpaired) electrons. The Hall–Kier alpha value is -3.21. The van der Waals surface area contributed by atoms with Gasteiger partial charge in [0.2, 0.25) is 0 Å². The molecule has 5 heteroatoms. The molecule has 1 aliphatic rings. The molecule has 1 aliphatic heterocycles. The van der Waals surface area contributed by atoms with Gasteiger partial charge in [-0.05, 0) is 54.5 Å². The van der Waals surface area contributed by atoms with Crippen molar-refractivity contribution >= 4 is 17.8 Å². The van der Waals surface area contributed by atoms with E-state index in [0.717, 1.165) is 24.2 Å². The van der Waals surface area contributed by atoms with Crippen LogP contribution in [0.25, 0.3) is 11.8 Å². The molecular formula is C23H24O5. The number of rotatable bonds is 8. The van der Waals surface area contributed by atoms with E-state index in [-0.39, 0.29) is 0 Å². The number of carbonyl (C=O) groups is 1. The van der Waals surface area contributed by atoms with Crippen molar-refractivity contribution in [3.05, 3.63) is 65.2 Å². The summed E-state index contributed by atoms with van der Waals surface area (Å²) in [6.45, 7) is 2.83. The summed E-state index contributed by atoms with van der Waals surface area (Å²) in [4.78, 5) is 12.3. The van der Waals surface area contributed by atoms with Crippen LogP contribution in [0.5, 0.6) is 17.2 Å². The summed E-state index contributed by atoms with van der Waals surface area (Å²) in [5.74, 6) is 2.12. The summed E-state index contributed by atoms with van der Waals surface area (Å²) in [5.41, 5.74) is 2.03. The normalized spacial score (nSPS) is 14.6. The third-order valence-electron chi connectivity index (χ3n) is 4.37. The third-order valence-corrected chi connectivity index (χ3v) is 4.37. The van der Waals surface area contributed by atoms with E-state index < -0.39 is 5.97 Å². The Labute approximate surface area is 165 Å². The Morgan fingerprint density at radius 2 is 1.75 bits per heavy atom. The van der Waals surface area contributed by atoms with Gasteiger partial charge in [-0.15, -0.1) is 0 Å². The van der Waals surface area contributed by atoms with Crippen molar-refractivity contribution in [2.24, 2.45) is 0 Å². The lowest BCUT2D eigenvalue weighted by Gasteiger charge is -2.10. The van der Waals surface area contributed by atoms with E-state index in [4.69, 9.17) is 18.9 Å². The number of unbranched alkanes of at least 4 members (excludes halogenated alkanes) is 1. The fraction of sp³-hybridized carbons (Fsp3) is 0.261. The number of cyclic esters (lactones) is 1. The van der Waals surface area contributed by atoms with Crippen molar-refractivity contribution in [3.8, 4) is 17.2 Å². The van der Waals surface area contributed by atoms with Gasteiger partial charge in [-0.2, -0.15) is 0 Å². The minimum atomic E-state index is -0.400. The summed E-state index contributed by atoms with van der Waals surface area (Å²) in [7, 11) is 3.16. The minimum absolute atomic E-state index is 0.400. The first-order chi connectivity index (χ1) is 13.6. The highest BCUT2D eigenvalue weighted by Crippen LogP contribution is 2.35. The van der Waals surface area contributed by atoms with Crippen LogP contribution in [0.2, 0.25) is 0 Å². The number of hydrogen-bond acceptors (Lipinski definition) is 5. The molecule has 28 heavy (non-hydrogen) atoms. The lowest BCUT2D eigenvalue weighted by Crippen LogP contribution is -1.99. The fourth-order valence-corrected chi connectivity index (χ4v) is 2.80. The lowest BCUT2D eigenvalue weighted by atomic mass is 10.1. The Morgan fingerprint density at radius 1 is 1.00 bits per heavy atom. The molecule has 5 nitrogen and oxygen atoms in total. The molecule has 0 unspecified atom stereocenters. The predicted molar refractivity (Wildman–Crippen MR) is 108 cm³/mol. The van der Waals surface area contributed by atoms with Gasteiger partial charge in [-0.25, -0.2) is 4.79 Å². The third kappa shape index (κ3) is 4.55. The quantitative estimate of drug-likeness (QED) is 0.372. The second-order valence-electron chi connectivity index (χ2n) is 6.34. The number of ether oxygens (including phenoxy) is 4. The molecule has 0 saturated heterocycles. The molecule has 0 aliphatic carbocycles. The summed E-state index contributed by atoms with van der Waals surface area (Å²) < 4.78 is 21.8. The van der Waals surface area contributed by atoms with Crippen molar-refractivity contribution < 1.29 is 23.7 Å². The number of methoxy groups -OCH3 is 2. The van der Waals surface area contributed by atoms with Gasteiger partial charge in [0.05, 0.1) is 32.0 Å². The van der Waals surface area contributed by atoms with Gasteiger partial charge in [-0.1, -0.05) is 25.5 Å². The molecule has 2 aromatic rings. The lowest BCUT2D eigenvalue weighted by molar-refractivity contribution is -0.130. The van der Waals surface area contributed by atoms with E-state index >= 15 is 0 Å². The van der Waals surface area contributed by atoms with Crippen LogP contribution in [-0.2, 0) is 9.53 Å². The van der Waals surface area contributed by atoms with Crippen LogP contribution in [0.1, 0.15) is 30.9 Å². The van der Waals surface area contributed by atoms with Crippen molar-refractivity contribution in [1.29, 1.82) is 0 Å². The highest BCUT2D eigenvalue weighted by atomic mass is 16.5. The van der Waals surface area contributed by atoms with E-state index in [1.165, 1.54) is 0 Å². The molecule has 0 atom stereocenters. The molecule has 146 valence electrons. The molecule has 1 heterocycles. The number of hydrogen-bond donors (Lipinski definition) is 0. The maximum Gasteiger partial charge on any atom is 0.343 e. The average molecular weight is 380 g/mol. The fourth-order valence-electron chi connectivity index (χ4n) is 2.80. The van der Waals surface area contributed by atoms with Crippen molar-refractivity contribution in [3.63, 3.8) is 0 Å². The molecule has 2 aromatic carbocycles. The van der Waals surface area contributed by atoms with Gasteiger partial charge >= 0.3 is 5.97 Å². The molecule has 0 fully saturated rings. The Bertz CT molecular complexity index is 894. The Kier molecular flexibility index (Phi) is 6.37. The number of benzene rings is 2. The van der Waals surface area contributed by atoms with Gasteiger partial charge < -0.3 is 18.9 Å². The van der Waals surface area contributed by atoms with Crippen LogP contribution < -0.4 is 14.2 Å². The SMILES string of the molecule is CCCCOc1ccc(/C=C2/C=C(c3cc(OC)ccc3OC)OC2=O)cc1. The number of esters is 1. The minimum Gasteiger partial charge on any atom is -0.497 e. The monoisotopic (exact) mass is 380 g/mol. The highest BCUT2D eigenvalue weighted by Gasteiger charge is 2.24.